The Labute approximate surface area is 133 Å². The lowest BCUT2D eigenvalue weighted by atomic mass is 10.0. The summed E-state index contributed by atoms with van der Waals surface area (Å²) in [7, 11) is -3.93. The topological polar surface area (TPSA) is 95.2 Å². The smallest absolute Gasteiger partial charge is 0.326 e. The lowest BCUT2D eigenvalue weighted by Gasteiger charge is -2.04. The van der Waals surface area contributed by atoms with Gasteiger partial charge in [0, 0.05) is 5.92 Å². The van der Waals surface area contributed by atoms with Gasteiger partial charge in [-0.1, -0.05) is 48.5 Å². The van der Waals surface area contributed by atoms with Gasteiger partial charge < -0.3 is 5.11 Å². The van der Waals surface area contributed by atoms with Crippen LogP contribution < -0.4 is 0 Å². The second kappa shape index (κ2) is 5.21. The van der Waals surface area contributed by atoms with E-state index in [0.29, 0.717) is 5.56 Å². The number of nitriles is 1. The Morgan fingerprint density at radius 1 is 1.04 bits per heavy atom. The van der Waals surface area contributed by atoms with Crippen LogP contribution in [0.4, 0.5) is 0 Å². The number of benzene rings is 2. The summed E-state index contributed by atoms with van der Waals surface area (Å²) in [4.78, 5) is 11.7. The van der Waals surface area contributed by atoms with Gasteiger partial charge in [0.2, 0.25) is 0 Å². The SMILES string of the molecule is N#C[C@]1(C(=O)O)[C@@H](c2ccccc2)[C@@H]1S(=O)(=O)c1ccccc1. The van der Waals surface area contributed by atoms with Gasteiger partial charge in [0.15, 0.2) is 15.3 Å². The van der Waals surface area contributed by atoms with E-state index in [2.05, 4.69) is 0 Å². The average molecular weight is 327 g/mol. The Morgan fingerprint density at radius 3 is 2.04 bits per heavy atom. The molecular formula is C17H13NO4S. The van der Waals surface area contributed by atoms with E-state index in [1.54, 1.807) is 54.6 Å². The molecule has 0 amide bonds. The molecule has 0 aliphatic heterocycles. The Balaban J connectivity index is 2.14. The molecule has 3 atom stereocenters. The summed E-state index contributed by atoms with van der Waals surface area (Å²) in [6.45, 7) is 0. The molecule has 1 aliphatic rings. The number of aliphatic carboxylic acids is 1. The molecule has 116 valence electrons. The molecule has 0 aromatic heterocycles. The molecule has 2 aromatic rings. The average Bonchev–Trinajstić information content (AvgIpc) is 3.28. The summed E-state index contributed by atoms with van der Waals surface area (Å²) < 4.78 is 25.7. The molecule has 0 radical (unpaired) electrons. The second-order valence-electron chi connectivity index (χ2n) is 5.45. The van der Waals surface area contributed by atoms with E-state index in [1.165, 1.54) is 12.1 Å². The molecule has 0 bridgehead atoms. The van der Waals surface area contributed by atoms with Crippen molar-refractivity contribution in [2.24, 2.45) is 5.41 Å². The van der Waals surface area contributed by atoms with Gasteiger partial charge in [-0.25, -0.2) is 8.42 Å². The van der Waals surface area contributed by atoms with Gasteiger partial charge in [-0.15, -0.1) is 0 Å². The number of carbonyl (C=O) groups is 1. The fourth-order valence-electron chi connectivity index (χ4n) is 3.07. The molecule has 0 spiro atoms. The number of sulfone groups is 1. The van der Waals surface area contributed by atoms with Gasteiger partial charge in [-0.05, 0) is 17.7 Å². The fraction of sp³-hybridized carbons (Fsp3) is 0.176. The Bertz CT molecular complexity index is 887. The van der Waals surface area contributed by atoms with Crippen LogP contribution in [0.1, 0.15) is 11.5 Å². The van der Waals surface area contributed by atoms with E-state index in [-0.39, 0.29) is 4.90 Å². The van der Waals surface area contributed by atoms with Crippen molar-refractivity contribution in [3.05, 3.63) is 66.2 Å². The van der Waals surface area contributed by atoms with Crippen LogP contribution in [0, 0.1) is 16.7 Å². The largest absolute Gasteiger partial charge is 0.480 e. The molecule has 3 rings (SSSR count). The highest BCUT2D eigenvalue weighted by atomic mass is 32.2. The first-order valence-corrected chi connectivity index (χ1v) is 8.49. The quantitative estimate of drug-likeness (QED) is 0.929. The van der Waals surface area contributed by atoms with Crippen molar-refractivity contribution < 1.29 is 18.3 Å². The minimum absolute atomic E-state index is 0.0318. The molecule has 1 saturated carbocycles. The van der Waals surface area contributed by atoms with Gasteiger partial charge in [0.05, 0.1) is 11.0 Å². The predicted molar refractivity (Wildman–Crippen MR) is 82.3 cm³/mol. The minimum atomic E-state index is -3.93. The molecule has 6 heteroatoms. The number of nitrogens with zero attached hydrogens (tertiary/aromatic N) is 1. The van der Waals surface area contributed by atoms with Crippen LogP contribution in [0.2, 0.25) is 0 Å². The highest BCUT2D eigenvalue weighted by Gasteiger charge is 2.77. The van der Waals surface area contributed by atoms with Gasteiger partial charge in [0.1, 0.15) is 5.25 Å². The maximum absolute atomic E-state index is 12.8. The number of rotatable bonds is 4. The first kappa shape index (κ1) is 15.3. The Morgan fingerprint density at radius 2 is 1.57 bits per heavy atom. The Hall–Kier alpha value is -2.65. The third-order valence-electron chi connectivity index (χ3n) is 4.24. The minimum Gasteiger partial charge on any atom is -0.480 e. The maximum Gasteiger partial charge on any atom is 0.326 e. The van der Waals surface area contributed by atoms with E-state index < -0.39 is 32.4 Å². The normalized spacial score (nSPS) is 26.2. The molecule has 0 saturated heterocycles. The summed E-state index contributed by atoms with van der Waals surface area (Å²) in [6, 6.07) is 17.9. The predicted octanol–water partition coefficient (Wildman–Crippen LogP) is 2.22. The lowest BCUT2D eigenvalue weighted by molar-refractivity contribution is -0.141. The zero-order chi connectivity index (χ0) is 16.7. The molecule has 0 heterocycles. The van der Waals surface area contributed by atoms with Crippen LogP contribution in [0.15, 0.2) is 65.6 Å². The number of hydrogen-bond donors (Lipinski definition) is 1. The zero-order valence-corrected chi connectivity index (χ0v) is 12.8. The fourth-order valence-corrected chi connectivity index (χ4v) is 5.34. The van der Waals surface area contributed by atoms with E-state index in [0.717, 1.165) is 0 Å². The summed E-state index contributed by atoms with van der Waals surface area (Å²) in [5.41, 5.74) is -1.41. The van der Waals surface area contributed by atoms with Crippen LogP contribution >= 0.6 is 0 Å². The number of carboxylic acid groups (broad SMARTS) is 1. The van der Waals surface area contributed by atoms with Crippen molar-refractivity contribution in [2.75, 3.05) is 0 Å². The molecule has 1 fully saturated rings. The second-order valence-corrected chi connectivity index (χ2v) is 7.52. The number of carboxylic acids is 1. The first-order chi connectivity index (χ1) is 11.0. The highest BCUT2D eigenvalue weighted by Crippen LogP contribution is 2.63. The molecule has 0 unspecified atom stereocenters. The van der Waals surface area contributed by atoms with Crippen molar-refractivity contribution in [3.8, 4) is 6.07 Å². The van der Waals surface area contributed by atoms with E-state index in [1.807, 2.05) is 0 Å². The van der Waals surface area contributed by atoms with Crippen molar-refractivity contribution in [2.45, 2.75) is 16.1 Å². The molecular weight excluding hydrogens is 314 g/mol. The monoisotopic (exact) mass is 327 g/mol. The van der Waals surface area contributed by atoms with E-state index >= 15 is 0 Å². The zero-order valence-electron chi connectivity index (χ0n) is 12.0. The van der Waals surface area contributed by atoms with Crippen LogP contribution in [0.3, 0.4) is 0 Å². The molecule has 23 heavy (non-hydrogen) atoms. The van der Waals surface area contributed by atoms with Gasteiger partial charge >= 0.3 is 5.97 Å². The van der Waals surface area contributed by atoms with E-state index in [9.17, 15) is 23.6 Å². The van der Waals surface area contributed by atoms with Gasteiger partial charge in [0.25, 0.3) is 0 Å². The Kier molecular flexibility index (Phi) is 3.46. The molecule has 2 aromatic carbocycles. The van der Waals surface area contributed by atoms with Crippen LogP contribution in [0.25, 0.3) is 0 Å². The standard InChI is InChI=1S/C17H13NO4S/c18-11-17(16(19)20)14(12-7-3-1-4-8-12)15(17)23(21,22)13-9-5-2-6-10-13/h1-10,14-15H,(H,19,20)/t14-,15-,17-/m0/s1. The van der Waals surface area contributed by atoms with Crippen molar-refractivity contribution >= 4 is 15.8 Å². The van der Waals surface area contributed by atoms with Gasteiger partial charge in [-0.3, -0.25) is 4.79 Å². The van der Waals surface area contributed by atoms with E-state index in [4.69, 9.17) is 0 Å². The summed E-state index contributed by atoms with van der Waals surface area (Å²) in [5, 5.41) is 17.7. The summed E-state index contributed by atoms with van der Waals surface area (Å²) >= 11 is 0. The van der Waals surface area contributed by atoms with Crippen LogP contribution in [-0.2, 0) is 14.6 Å². The summed E-state index contributed by atoms with van der Waals surface area (Å²) in [5.74, 6) is -2.28. The first-order valence-electron chi connectivity index (χ1n) is 6.95. The van der Waals surface area contributed by atoms with Crippen molar-refractivity contribution in [1.82, 2.24) is 0 Å². The van der Waals surface area contributed by atoms with Crippen LogP contribution in [-0.4, -0.2) is 24.7 Å². The van der Waals surface area contributed by atoms with Crippen LogP contribution in [0.5, 0.6) is 0 Å². The molecule has 1 aliphatic carbocycles. The van der Waals surface area contributed by atoms with Crippen molar-refractivity contribution in [1.29, 1.82) is 5.26 Å². The van der Waals surface area contributed by atoms with Gasteiger partial charge in [-0.2, -0.15) is 5.26 Å². The summed E-state index contributed by atoms with van der Waals surface area (Å²) in [6.07, 6.45) is 0. The maximum atomic E-state index is 12.8. The van der Waals surface area contributed by atoms with Crippen molar-refractivity contribution in [3.63, 3.8) is 0 Å². The highest BCUT2D eigenvalue weighted by molar-refractivity contribution is 7.92. The number of hydrogen-bond acceptors (Lipinski definition) is 4. The third-order valence-corrected chi connectivity index (χ3v) is 6.48. The molecule has 5 nitrogen and oxygen atoms in total. The lowest BCUT2D eigenvalue weighted by Crippen LogP contribution is -2.22. The third kappa shape index (κ3) is 2.13. The molecule has 1 N–H and O–H groups in total.